The van der Waals surface area contributed by atoms with E-state index in [9.17, 15) is 4.39 Å². The van der Waals surface area contributed by atoms with E-state index in [-0.39, 0.29) is 11.4 Å². The topological polar surface area (TPSA) is 21.1 Å². The fraction of sp³-hybridized carbons (Fsp3) is 0.533. The molecular weight excluding hydrogens is 277 g/mol. The molecule has 0 N–H and O–H groups in total. The Hall–Kier alpha value is -1.13. The van der Waals surface area contributed by atoms with E-state index in [1.165, 1.54) is 6.07 Å². The van der Waals surface area contributed by atoms with Crippen molar-refractivity contribution < 1.29 is 4.39 Å². The van der Waals surface area contributed by atoms with Gasteiger partial charge in [0.15, 0.2) is 5.82 Å². The van der Waals surface area contributed by atoms with Crippen molar-refractivity contribution in [2.75, 3.05) is 20.0 Å². The van der Waals surface area contributed by atoms with Gasteiger partial charge in [-0.15, -0.1) is 11.6 Å². The van der Waals surface area contributed by atoms with Crippen LogP contribution in [0.3, 0.4) is 0 Å². The molecular formula is C15H21ClFN3. The first-order valence-corrected chi connectivity index (χ1v) is 7.27. The van der Waals surface area contributed by atoms with Gasteiger partial charge >= 0.3 is 0 Å². The minimum Gasteiger partial charge on any atom is -0.326 e. The number of imidazole rings is 1. The number of rotatable bonds is 5. The second kappa shape index (κ2) is 5.70. The highest BCUT2D eigenvalue weighted by molar-refractivity contribution is 6.17. The molecule has 0 aliphatic heterocycles. The number of nitrogens with zero attached hydrogens (tertiary/aromatic N) is 3. The van der Waals surface area contributed by atoms with Crippen LogP contribution in [0.15, 0.2) is 18.2 Å². The zero-order valence-electron chi connectivity index (χ0n) is 12.5. The number of alkyl halides is 1. The summed E-state index contributed by atoms with van der Waals surface area (Å²) in [5.74, 6) is 1.04. The molecule has 1 heterocycles. The molecule has 0 bridgehead atoms. The number of hydrogen-bond acceptors (Lipinski definition) is 2. The Balaban J connectivity index is 2.54. The zero-order chi connectivity index (χ0) is 14.9. The van der Waals surface area contributed by atoms with Gasteiger partial charge in [0.2, 0.25) is 0 Å². The number of benzene rings is 1. The molecule has 0 saturated carbocycles. The molecule has 1 aromatic heterocycles. The predicted molar refractivity (Wildman–Crippen MR) is 81.9 cm³/mol. The van der Waals surface area contributed by atoms with Crippen molar-refractivity contribution in [2.24, 2.45) is 0 Å². The molecule has 0 aliphatic rings. The zero-order valence-corrected chi connectivity index (χ0v) is 13.2. The SMILES string of the molecule is CN(C)C(C)(C)Cn1c(CCCl)nc2c(F)cccc21. The van der Waals surface area contributed by atoms with E-state index >= 15 is 0 Å². The minimum atomic E-state index is -0.278. The number of aryl methyl sites for hydroxylation is 1. The number of halogens is 2. The molecule has 2 aromatic rings. The Morgan fingerprint density at radius 3 is 2.65 bits per heavy atom. The van der Waals surface area contributed by atoms with Crippen molar-refractivity contribution in [1.29, 1.82) is 0 Å². The maximum absolute atomic E-state index is 13.9. The summed E-state index contributed by atoms with van der Waals surface area (Å²) in [6.45, 7) is 5.05. The molecule has 20 heavy (non-hydrogen) atoms. The van der Waals surface area contributed by atoms with E-state index < -0.39 is 0 Å². The van der Waals surface area contributed by atoms with Crippen LogP contribution >= 0.6 is 11.6 Å². The number of hydrogen-bond donors (Lipinski definition) is 0. The Morgan fingerprint density at radius 1 is 1.35 bits per heavy atom. The van der Waals surface area contributed by atoms with Crippen LogP contribution in [0.4, 0.5) is 4.39 Å². The second-order valence-electron chi connectivity index (χ2n) is 5.87. The van der Waals surface area contributed by atoms with Crippen molar-refractivity contribution in [2.45, 2.75) is 32.4 Å². The normalized spacial score (nSPS) is 12.6. The Morgan fingerprint density at radius 2 is 2.05 bits per heavy atom. The lowest BCUT2D eigenvalue weighted by molar-refractivity contribution is 0.170. The summed E-state index contributed by atoms with van der Waals surface area (Å²) in [7, 11) is 4.09. The van der Waals surface area contributed by atoms with Gasteiger partial charge in [-0.1, -0.05) is 6.07 Å². The van der Waals surface area contributed by atoms with E-state index in [1.54, 1.807) is 6.07 Å². The molecule has 0 aliphatic carbocycles. The molecule has 0 atom stereocenters. The summed E-state index contributed by atoms with van der Waals surface area (Å²) < 4.78 is 16.0. The molecule has 3 nitrogen and oxygen atoms in total. The lowest BCUT2D eigenvalue weighted by Gasteiger charge is -2.33. The molecule has 5 heteroatoms. The van der Waals surface area contributed by atoms with E-state index in [0.717, 1.165) is 17.9 Å². The smallest absolute Gasteiger partial charge is 0.151 e. The monoisotopic (exact) mass is 297 g/mol. The van der Waals surface area contributed by atoms with Gasteiger partial charge in [-0.2, -0.15) is 0 Å². The van der Waals surface area contributed by atoms with Crippen molar-refractivity contribution in [3.8, 4) is 0 Å². The van der Waals surface area contributed by atoms with E-state index in [4.69, 9.17) is 11.6 Å². The van der Waals surface area contributed by atoms with Crippen molar-refractivity contribution in [3.05, 3.63) is 29.8 Å². The molecule has 0 fully saturated rings. The summed E-state index contributed by atoms with van der Waals surface area (Å²) in [6.07, 6.45) is 0.638. The predicted octanol–water partition coefficient (Wildman–Crippen LogP) is 3.30. The number of fused-ring (bicyclic) bond motifs is 1. The van der Waals surface area contributed by atoms with E-state index in [1.807, 2.05) is 20.2 Å². The first kappa shape index (κ1) is 15.3. The molecule has 0 unspecified atom stereocenters. The van der Waals surface area contributed by atoms with Gasteiger partial charge in [0.1, 0.15) is 11.3 Å². The van der Waals surface area contributed by atoms with Crippen molar-refractivity contribution in [3.63, 3.8) is 0 Å². The first-order valence-electron chi connectivity index (χ1n) is 6.74. The summed E-state index contributed by atoms with van der Waals surface area (Å²) in [4.78, 5) is 6.59. The summed E-state index contributed by atoms with van der Waals surface area (Å²) in [5, 5.41) is 0. The van der Waals surface area contributed by atoms with Gasteiger partial charge in [0.25, 0.3) is 0 Å². The minimum absolute atomic E-state index is 0.0546. The number of aromatic nitrogens is 2. The highest BCUT2D eigenvalue weighted by Gasteiger charge is 2.24. The van der Waals surface area contributed by atoms with Crippen LogP contribution in [0.25, 0.3) is 11.0 Å². The quantitative estimate of drug-likeness (QED) is 0.790. The largest absolute Gasteiger partial charge is 0.326 e. The molecule has 1 aromatic carbocycles. The van der Waals surface area contributed by atoms with Crippen molar-refractivity contribution >= 4 is 22.6 Å². The highest BCUT2D eigenvalue weighted by Crippen LogP contribution is 2.23. The van der Waals surface area contributed by atoms with Gasteiger partial charge in [-0.05, 0) is 40.1 Å². The van der Waals surface area contributed by atoms with Crippen LogP contribution in [0.2, 0.25) is 0 Å². The fourth-order valence-electron chi connectivity index (χ4n) is 2.14. The Bertz CT molecular complexity index is 604. The molecule has 0 amide bonds. The molecule has 110 valence electrons. The van der Waals surface area contributed by atoms with Crippen LogP contribution in [0.1, 0.15) is 19.7 Å². The van der Waals surface area contributed by atoms with Gasteiger partial charge in [0, 0.05) is 24.4 Å². The molecule has 0 radical (unpaired) electrons. The van der Waals surface area contributed by atoms with Gasteiger partial charge < -0.3 is 9.47 Å². The lowest BCUT2D eigenvalue weighted by Crippen LogP contribution is -2.42. The van der Waals surface area contributed by atoms with Gasteiger partial charge in [0.05, 0.1) is 5.52 Å². The van der Waals surface area contributed by atoms with E-state index in [0.29, 0.717) is 17.8 Å². The van der Waals surface area contributed by atoms with Crippen LogP contribution < -0.4 is 0 Å². The van der Waals surface area contributed by atoms with Crippen LogP contribution in [0, 0.1) is 5.82 Å². The Kier molecular flexibility index (Phi) is 4.35. The maximum Gasteiger partial charge on any atom is 0.151 e. The summed E-state index contributed by atoms with van der Waals surface area (Å²) in [5.41, 5.74) is 1.21. The molecule has 2 rings (SSSR count). The average Bonchev–Trinajstić information content (AvgIpc) is 2.69. The fourth-order valence-corrected chi connectivity index (χ4v) is 2.31. The molecule has 0 saturated heterocycles. The second-order valence-corrected chi connectivity index (χ2v) is 6.25. The van der Waals surface area contributed by atoms with Gasteiger partial charge in [-0.25, -0.2) is 9.37 Å². The van der Waals surface area contributed by atoms with Crippen molar-refractivity contribution in [1.82, 2.24) is 14.5 Å². The average molecular weight is 298 g/mol. The lowest BCUT2D eigenvalue weighted by atomic mass is 10.0. The third kappa shape index (κ3) is 2.81. The summed E-state index contributed by atoms with van der Waals surface area (Å²) in [6, 6.07) is 5.08. The van der Waals surface area contributed by atoms with Gasteiger partial charge in [-0.3, -0.25) is 0 Å². The van der Waals surface area contributed by atoms with Crippen LogP contribution in [-0.4, -0.2) is 40.0 Å². The van der Waals surface area contributed by atoms with E-state index in [2.05, 4.69) is 28.3 Å². The number of para-hydroxylation sites is 1. The van der Waals surface area contributed by atoms with Crippen LogP contribution in [0.5, 0.6) is 0 Å². The maximum atomic E-state index is 13.9. The third-order valence-corrected chi connectivity index (χ3v) is 4.07. The third-order valence-electron chi connectivity index (χ3n) is 3.88. The molecule has 0 spiro atoms. The summed E-state index contributed by atoms with van der Waals surface area (Å²) >= 11 is 5.85. The number of likely N-dealkylation sites (N-methyl/N-ethyl adjacent to an activating group) is 1. The standard InChI is InChI=1S/C15H21ClFN3/c1-15(2,19(3)4)10-20-12-7-5-6-11(17)14(12)18-13(20)8-9-16/h5-7H,8-10H2,1-4H3. The van der Waals surface area contributed by atoms with Crippen LogP contribution in [-0.2, 0) is 13.0 Å². The first-order chi connectivity index (χ1) is 9.36. The Labute approximate surface area is 124 Å². The highest BCUT2D eigenvalue weighted by atomic mass is 35.5.